The van der Waals surface area contributed by atoms with Crippen molar-refractivity contribution < 1.29 is 9.47 Å². The second-order valence-electron chi connectivity index (χ2n) is 5.71. The molecule has 23 heavy (non-hydrogen) atoms. The summed E-state index contributed by atoms with van der Waals surface area (Å²) in [7, 11) is 0. The van der Waals surface area contributed by atoms with Crippen molar-refractivity contribution in [2.75, 3.05) is 11.9 Å². The molecule has 1 unspecified atom stereocenters. The number of rotatable bonds is 9. The van der Waals surface area contributed by atoms with E-state index in [1.54, 1.807) is 0 Å². The van der Waals surface area contributed by atoms with Crippen LogP contribution in [0.25, 0.3) is 0 Å². The Balaban J connectivity index is 1.83. The standard InChI is InChI=1S/C20H27NO2/c1-4-14-22-19-12-8-18(9-13-19)21-15-17-6-10-20(11-7-17)23-16(3)5-2/h6-13,16,21H,4-5,14-15H2,1-3H3. The van der Waals surface area contributed by atoms with Crippen molar-refractivity contribution in [1.29, 1.82) is 0 Å². The van der Waals surface area contributed by atoms with Gasteiger partial charge in [-0.15, -0.1) is 0 Å². The zero-order valence-electron chi connectivity index (χ0n) is 14.3. The smallest absolute Gasteiger partial charge is 0.119 e. The Bertz CT molecular complexity index is 563. The SMILES string of the molecule is CCCOc1ccc(NCc2ccc(OC(C)CC)cc2)cc1. The molecule has 0 amide bonds. The predicted molar refractivity (Wildman–Crippen MR) is 96.4 cm³/mol. The fourth-order valence-electron chi connectivity index (χ4n) is 2.09. The van der Waals surface area contributed by atoms with Gasteiger partial charge in [-0.1, -0.05) is 26.0 Å². The maximum Gasteiger partial charge on any atom is 0.119 e. The lowest BCUT2D eigenvalue weighted by atomic mass is 10.2. The maximum atomic E-state index is 5.79. The van der Waals surface area contributed by atoms with Crippen molar-refractivity contribution in [2.45, 2.75) is 46.3 Å². The Morgan fingerprint density at radius 3 is 2.17 bits per heavy atom. The predicted octanol–water partition coefficient (Wildman–Crippen LogP) is 5.26. The van der Waals surface area contributed by atoms with E-state index in [2.05, 4.69) is 38.2 Å². The fraction of sp³-hybridized carbons (Fsp3) is 0.400. The Morgan fingerprint density at radius 2 is 1.57 bits per heavy atom. The highest BCUT2D eigenvalue weighted by Crippen LogP contribution is 2.18. The Labute approximate surface area is 139 Å². The molecule has 2 aromatic carbocycles. The summed E-state index contributed by atoms with van der Waals surface area (Å²) in [6, 6.07) is 16.4. The molecule has 124 valence electrons. The Hall–Kier alpha value is -2.16. The lowest BCUT2D eigenvalue weighted by Crippen LogP contribution is -2.09. The second kappa shape index (κ2) is 9.09. The van der Waals surface area contributed by atoms with Crippen LogP contribution < -0.4 is 14.8 Å². The third kappa shape index (κ3) is 5.85. The van der Waals surface area contributed by atoms with Crippen molar-refractivity contribution in [3.8, 4) is 11.5 Å². The molecule has 1 N–H and O–H groups in total. The molecule has 2 rings (SSSR count). The van der Waals surface area contributed by atoms with E-state index < -0.39 is 0 Å². The van der Waals surface area contributed by atoms with E-state index in [0.29, 0.717) is 0 Å². The number of nitrogens with one attached hydrogen (secondary N) is 1. The Morgan fingerprint density at radius 1 is 0.913 bits per heavy atom. The zero-order chi connectivity index (χ0) is 16.5. The van der Waals surface area contributed by atoms with Crippen molar-refractivity contribution >= 4 is 5.69 Å². The lowest BCUT2D eigenvalue weighted by molar-refractivity contribution is 0.217. The van der Waals surface area contributed by atoms with Crippen molar-refractivity contribution in [1.82, 2.24) is 0 Å². The summed E-state index contributed by atoms with van der Waals surface area (Å²) < 4.78 is 11.4. The lowest BCUT2D eigenvalue weighted by Gasteiger charge is -2.13. The molecule has 2 aromatic rings. The maximum absolute atomic E-state index is 5.79. The summed E-state index contributed by atoms with van der Waals surface area (Å²) in [5, 5.41) is 3.42. The molecule has 0 spiro atoms. The molecule has 0 heterocycles. The largest absolute Gasteiger partial charge is 0.494 e. The van der Waals surface area contributed by atoms with Gasteiger partial charge in [-0.3, -0.25) is 0 Å². The van der Waals surface area contributed by atoms with E-state index in [-0.39, 0.29) is 6.10 Å². The first kappa shape index (κ1) is 17.2. The van der Waals surface area contributed by atoms with E-state index >= 15 is 0 Å². The molecule has 0 bridgehead atoms. The normalized spacial score (nSPS) is 11.8. The molecule has 1 atom stereocenters. The van der Waals surface area contributed by atoms with Crippen LogP contribution in [0.2, 0.25) is 0 Å². The minimum Gasteiger partial charge on any atom is -0.494 e. The molecular weight excluding hydrogens is 286 g/mol. The van der Waals surface area contributed by atoms with Gasteiger partial charge in [-0.25, -0.2) is 0 Å². The van der Waals surface area contributed by atoms with E-state index in [4.69, 9.17) is 9.47 Å². The van der Waals surface area contributed by atoms with E-state index in [9.17, 15) is 0 Å². The van der Waals surface area contributed by atoms with E-state index in [1.807, 2.05) is 36.4 Å². The van der Waals surface area contributed by atoms with Gasteiger partial charge in [-0.05, 0) is 61.7 Å². The molecule has 3 heteroatoms. The summed E-state index contributed by atoms with van der Waals surface area (Å²) in [6.07, 6.45) is 2.30. The summed E-state index contributed by atoms with van der Waals surface area (Å²) in [5.74, 6) is 1.85. The van der Waals surface area contributed by atoms with Crippen molar-refractivity contribution in [3.05, 3.63) is 54.1 Å². The van der Waals surface area contributed by atoms with E-state index in [0.717, 1.165) is 43.2 Å². The molecule has 0 saturated carbocycles. The number of benzene rings is 2. The van der Waals surface area contributed by atoms with Crippen LogP contribution in [0, 0.1) is 0 Å². The minimum atomic E-state index is 0.257. The summed E-state index contributed by atoms with van der Waals surface area (Å²) in [5.41, 5.74) is 2.32. The van der Waals surface area contributed by atoms with Gasteiger partial charge in [0.05, 0.1) is 12.7 Å². The van der Waals surface area contributed by atoms with Crippen LogP contribution in [-0.4, -0.2) is 12.7 Å². The van der Waals surface area contributed by atoms with Gasteiger partial charge >= 0.3 is 0 Å². The van der Waals surface area contributed by atoms with Gasteiger partial charge in [0.2, 0.25) is 0 Å². The highest BCUT2D eigenvalue weighted by atomic mass is 16.5. The number of hydrogen-bond donors (Lipinski definition) is 1. The third-order valence-electron chi connectivity index (χ3n) is 3.66. The highest BCUT2D eigenvalue weighted by molar-refractivity contribution is 5.47. The molecule has 3 nitrogen and oxygen atoms in total. The van der Waals surface area contributed by atoms with Gasteiger partial charge in [0.1, 0.15) is 11.5 Å². The summed E-state index contributed by atoms with van der Waals surface area (Å²) >= 11 is 0. The summed E-state index contributed by atoms with van der Waals surface area (Å²) in [4.78, 5) is 0. The molecule has 0 radical (unpaired) electrons. The van der Waals surface area contributed by atoms with Gasteiger partial charge < -0.3 is 14.8 Å². The molecule has 0 fully saturated rings. The van der Waals surface area contributed by atoms with Crippen LogP contribution in [0.1, 0.15) is 39.2 Å². The van der Waals surface area contributed by atoms with E-state index in [1.165, 1.54) is 5.56 Å². The number of hydrogen-bond acceptors (Lipinski definition) is 3. The third-order valence-corrected chi connectivity index (χ3v) is 3.66. The van der Waals surface area contributed by atoms with Crippen molar-refractivity contribution in [2.24, 2.45) is 0 Å². The first-order valence-corrected chi connectivity index (χ1v) is 8.43. The van der Waals surface area contributed by atoms with Gasteiger partial charge in [0.15, 0.2) is 0 Å². The van der Waals surface area contributed by atoms with Crippen LogP contribution in [0.3, 0.4) is 0 Å². The van der Waals surface area contributed by atoms with Gasteiger partial charge in [0.25, 0.3) is 0 Å². The van der Waals surface area contributed by atoms with Gasteiger partial charge in [-0.2, -0.15) is 0 Å². The molecule has 0 saturated heterocycles. The number of anilines is 1. The second-order valence-corrected chi connectivity index (χ2v) is 5.71. The number of ether oxygens (including phenoxy) is 2. The van der Waals surface area contributed by atoms with Crippen molar-refractivity contribution in [3.63, 3.8) is 0 Å². The van der Waals surface area contributed by atoms with Gasteiger partial charge in [0, 0.05) is 12.2 Å². The van der Waals surface area contributed by atoms with Crippen LogP contribution in [0.15, 0.2) is 48.5 Å². The fourth-order valence-corrected chi connectivity index (χ4v) is 2.09. The Kier molecular flexibility index (Phi) is 6.79. The quantitative estimate of drug-likeness (QED) is 0.684. The molecular formula is C20H27NO2. The summed E-state index contributed by atoms with van der Waals surface area (Å²) in [6.45, 7) is 7.87. The molecule has 0 aliphatic heterocycles. The molecule has 0 aliphatic rings. The van der Waals surface area contributed by atoms with Crippen LogP contribution in [0.4, 0.5) is 5.69 Å². The van der Waals surface area contributed by atoms with Crippen LogP contribution in [-0.2, 0) is 6.54 Å². The van der Waals surface area contributed by atoms with Crippen LogP contribution >= 0.6 is 0 Å². The molecule has 0 aromatic heterocycles. The average Bonchev–Trinajstić information content (AvgIpc) is 2.60. The first-order valence-electron chi connectivity index (χ1n) is 8.43. The first-order chi connectivity index (χ1) is 11.2. The monoisotopic (exact) mass is 313 g/mol. The topological polar surface area (TPSA) is 30.5 Å². The zero-order valence-corrected chi connectivity index (χ0v) is 14.3. The van der Waals surface area contributed by atoms with Crippen LogP contribution in [0.5, 0.6) is 11.5 Å². The minimum absolute atomic E-state index is 0.257. The molecule has 0 aliphatic carbocycles. The average molecular weight is 313 g/mol. The highest BCUT2D eigenvalue weighted by Gasteiger charge is 2.01.